The molecule has 1 atom stereocenters. The zero-order valence-electron chi connectivity index (χ0n) is 17.0. The molecule has 6 heteroatoms. The molecule has 152 valence electrons. The molecular formula is C21H31F3O2Si. The highest BCUT2D eigenvalue weighted by Gasteiger charge is 2.37. The molecule has 2 rings (SSSR count). The molecule has 1 unspecified atom stereocenters. The standard InChI is InChI=1S/C21H31F3O2Si/c1-20(2,3)19(26-27(4)5)17-13-15(21(22,23)24)11-12-16(17)18(25)14-9-7-6-8-10-14/h11-14,19,27H,6-10H2,1-5H3. The molecular weight excluding hydrogens is 369 g/mol. The van der Waals surface area contributed by atoms with E-state index in [1.807, 2.05) is 33.9 Å². The number of rotatable bonds is 5. The first-order valence-corrected chi connectivity index (χ1v) is 12.6. The van der Waals surface area contributed by atoms with Crippen LogP contribution in [0, 0.1) is 11.3 Å². The number of carbonyl (C=O) groups excluding carboxylic acids is 1. The van der Waals surface area contributed by atoms with Crippen LogP contribution in [-0.2, 0) is 10.6 Å². The predicted molar refractivity (Wildman–Crippen MR) is 105 cm³/mol. The lowest BCUT2D eigenvalue weighted by molar-refractivity contribution is -0.137. The summed E-state index contributed by atoms with van der Waals surface area (Å²) in [5, 5.41) is 0. The van der Waals surface area contributed by atoms with Gasteiger partial charge in [-0.2, -0.15) is 13.2 Å². The molecule has 1 saturated carbocycles. The summed E-state index contributed by atoms with van der Waals surface area (Å²) < 4.78 is 46.2. The normalized spacial score (nSPS) is 18.0. The van der Waals surface area contributed by atoms with Crippen LogP contribution in [0.25, 0.3) is 0 Å². The fourth-order valence-corrected chi connectivity index (χ4v) is 4.88. The number of alkyl halides is 3. The number of halogens is 3. The van der Waals surface area contributed by atoms with Crippen molar-refractivity contribution in [2.24, 2.45) is 11.3 Å². The van der Waals surface area contributed by atoms with Crippen LogP contribution < -0.4 is 0 Å². The minimum Gasteiger partial charge on any atom is -0.413 e. The van der Waals surface area contributed by atoms with Crippen molar-refractivity contribution in [3.63, 3.8) is 0 Å². The van der Waals surface area contributed by atoms with Crippen molar-refractivity contribution < 1.29 is 22.4 Å². The van der Waals surface area contributed by atoms with Crippen LogP contribution in [0.3, 0.4) is 0 Å². The van der Waals surface area contributed by atoms with Crippen molar-refractivity contribution >= 4 is 14.8 Å². The molecule has 27 heavy (non-hydrogen) atoms. The zero-order chi connectivity index (χ0) is 20.4. The average molecular weight is 401 g/mol. The van der Waals surface area contributed by atoms with Gasteiger partial charge in [0.2, 0.25) is 0 Å². The van der Waals surface area contributed by atoms with Gasteiger partial charge in [-0.3, -0.25) is 4.79 Å². The maximum absolute atomic E-state index is 13.4. The molecule has 0 bridgehead atoms. The van der Waals surface area contributed by atoms with Crippen molar-refractivity contribution in [1.82, 2.24) is 0 Å². The molecule has 0 radical (unpaired) electrons. The van der Waals surface area contributed by atoms with Gasteiger partial charge in [0.15, 0.2) is 14.8 Å². The molecule has 0 spiro atoms. The van der Waals surface area contributed by atoms with Crippen LogP contribution >= 0.6 is 0 Å². The second-order valence-corrected chi connectivity index (χ2v) is 11.3. The second kappa shape index (κ2) is 8.48. The minimum atomic E-state index is -4.45. The molecule has 1 aromatic rings. The first kappa shape index (κ1) is 22.1. The summed E-state index contributed by atoms with van der Waals surface area (Å²) in [6.45, 7) is 9.83. The van der Waals surface area contributed by atoms with Gasteiger partial charge in [0.25, 0.3) is 0 Å². The molecule has 2 nitrogen and oxygen atoms in total. The molecule has 0 heterocycles. The maximum atomic E-state index is 13.4. The van der Waals surface area contributed by atoms with Crippen molar-refractivity contribution in [3.8, 4) is 0 Å². The van der Waals surface area contributed by atoms with E-state index in [4.69, 9.17) is 4.43 Å². The average Bonchev–Trinajstić information content (AvgIpc) is 2.57. The monoisotopic (exact) mass is 400 g/mol. The smallest absolute Gasteiger partial charge is 0.413 e. The van der Waals surface area contributed by atoms with Gasteiger partial charge in [-0.1, -0.05) is 46.1 Å². The molecule has 0 aromatic heterocycles. The third kappa shape index (κ3) is 5.67. The molecule has 0 aliphatic heterocycles. The molecule has 1 fully saturated rings. The van der Waals surface area contributed by atoms with E-state index < -0.39 is 32.3 Å². The van der Waals surface area contributed by atoms with E-state index in [0.29, 0.717) is 11.1 Å². The third-order valence-electron chi connectivity index (χ3n) is 5.10. The van der Waals surface area contributed by atoms with Gasteiger partial charge in [-0.15, -0.1) is 0 Å². The van der Waals surface area contributed by atoms with Crippen LogP contribution in [0.1, 0.15) is 80.5 Å². The highest BCUT2D eigenvalue weighted by Crippen LogP contribution is 2.42. The first-order chi connectivity index (χ1) is 12.4. The molecule has 0 amide bonds. The lowest BCUT2D eigenvalue weighted by Crippen LogP contribution is -2.29. The van der Waals surface area contributed by atoms with E-state index in [2.05, 4.69) is 0 Å². The van der Waals surface area contributed by atoms with Crippen molar-refractivity contribution in [1.29, 1.82) is 0 Å². The largest absolute Gasteiger partial charge is 0.416 e. The minimum absolute atomic E-state index is 0.0262. The first-order valence-electron chi connectivity index (χ1n) is 9.82. The van der Waals surface area contributed by atoms with Crippen LogP contribution in [-0.4, -0.2) is 14.8 Å². The van der Waals surface area contributed by atoms with E-state index in [1.165, 1.54) is 6.07 Å². The highest BCUT2D eigenvalue weighted by molar-refractivity contribution is 6.48. The van der Waals surface area contributed by atoms with E-state index in [-0.39, 0.29) is 11.7 Å². The number of hydrogen-bond donors (Lipinski definition) is 0. The number of hydrogen-bond acceptors (Lipinski definition) is 2. The summed E-state index contributed by atoms with van der Waals surface area (Å²) >= 11 is 0. The van der Waals surface area contributed by atoms with Gasteiger partial charge in [0.1, 0.15) is 0 Å². The van der Waals surface area contributed by atoms with Crippen LogP contribution in [0.2, 0.25) is 13.1 Å². The second-order valence-electron chi connectivity index (χ2n) is 8.93. The third-order valence-corrected chi connectivity index (χ3v) is 5.91. The van der Waals surface area contributed by atoms with Gasteiger partial charge in [0, 0.05) is 11.5 Å². The summed E-state index contributed by atoms with van der Waals surface area (Å²) in [6, 6.07) is 3.55. The van der Waals surface area contributed by atoms with Crippen LogP contribution in [0.5, 0.6) is 0 Å². The van der Waals surface area contributed by atoms with Gasteiger partial charge in [-0.05, 0) is 49.0 Å². The van der Waals surface area contributed by atoms with Crippen molar-refractivity contribution in [2.45, 2.75) is 78.2 Å². The van der Waals surface area contributed by atoms with Crippen LogP contribution in [0.4, 0.5) is 13.2 Å². The number of benzene rings is 1. The summed E-state index contributed by atoms with van der Waals surface area (Å²) in [4.78, 5) is 13.2. The van der Waals surface area contributed by atoms with Gasteiger partial charge >= 0.3 is 6.18 Å². The van der Waals surface area contributed by atoms with Gasteiger partial charge in [-0.25, -0.2) is 0 Å². The molecule has 1 aliphatic rings. The Hall–Kier alpha value is -1.14. The predicted octanol–water partition coefficient (Wildman–Crippen LogP) is 6.56. The topological polar surface area (TPSA) is 26.3 Å². The Morgan fingerprint density at radius 1 is 1.11 bits per heavy atom. The Labute approximate surface area is 162 Å². The van der Waals surface area contributed by atoms with E-state index >= 15 is 0 Å². The Bertz CT molecular complexity index is 656. The summed E-state index contributed by atoms with van der Waals surface area (Å²) in [7, 11) is -1.53. The van der Waals surface area contributed by atoms with Crippen LogP contribution in [0.15, 0.2) is 18.2 Å². The quantitative estimate of drug-likeness (QED) is 0.413. The number of Topliss-reactive ketones (excluding diaryl/α,β-unsaturated/α-hetero) is 1. The lowest BCUT2D eigenvalue weighted by Gasteiger charge is -2.35. The zero-order valence-corrected chi connectivity index (χ0v) is 18.1. The Morgan fingerprint density at radius 2 is 1.70 bits per heavy atom. The Balaban J connectivity index is 2.56. The molecule has 1 aromatic carbocycles. The van der Waals surface area contributed by atoms with E-state index in [9.17, 15) is 18.0 Å². The molecule has 0 N–H and O–H groups in total. The van der Waals surface area contributed by atoms with Gasteiger partial charge < -0.3 is 4.43 Å². The van der Waals surface area contributed by atoms with Crippen molar-refractivity contribution in [3.05, 3.63) is 34.9 Å². The maximum Gasteiger partial charge on any atom is 0.416 e. The summed E-state index contributed by atoms with van der Waals surface area (Å²) in [5.41, 5.74) is -0.331. The SMILES string of the molecule is C[SiH](C)OC(c1cc(C(F)(F)F)ccc1C(=O)C1CCCCC1)C(C)(C)C. The summed E-state index contributed by atoms with van der Waals surface area (Å²) in [5.74, 6) is -0.118. The number of carbonyl (C=O) groups is 1. The van der Waals surface area contributed by atoms with E-state index in [1.54, 1.807) is 0 Å². The fraction of sp³-hybridized carbons (Fsp3) is 0.667. The Kier molecular flexibility index (Phi) is 6.95. The highest BCUT2D eigenvalue weighted by atomic mass is 28.3. The van der Waals surface area contributed by atoms with Gasteiger partial charge in [0.05, 0.1) is 11.7 Å². The number of ketones is 1. The lowest BCUT2D eigenvalue weighted by atomic mass is 9.78. The fourth-order valence-electron chi connectivity index (χ4n) is 3.78. The Morgan fingerprint density at radius 3 is 2.19 bits per heavy atom. The molecule has 1 aliphatic carbocycles. The molecule has 0 saturated heterocycles. The summed E-state index contributed by atoms with van der Waals surface area (Å²) in [6.07, 6.45) is -0.211. The van der Waals surface area contributed by atoms with Crippen molar-refractivity contribution in [2.75, 3.05) is 0 Å². The van der Waals surface area contributed by atoms with E-state index in [0.717, 1.165) is 44.2 Å².